The average Bonchev–Trinajstić information content (AvgIpc) is 3.16. The summed E-state index contributed by atoms with van der Waals surface area (Å²) >= 11 is 0. The highest BCUT2D eigenvalue weighted by atomic mass is 16.5. The quantitative estimate of drug-likeness (QED) is 0.443. The predicted molar refractivity (Wildman–Crippen MR) is 146 cm³/mol. The Hall–Kier alpha value is -4.40. The molecule has 1 unspecified atom stereocenters. The Morgan fingerprint density at radius 3 is 2.16 bits per heavy atom. The summed E-state index contributed by atoms with van der Waals surface area (Å²) in [5.74, 6) is 2.46. The Bertz CT molecular complexity index is 1420. The van der Waals surface area contributed by atoms with Crippen molar-refractivity contribution in [3.8, 4) is 39.9 Å². The third kappa shape index (κ3) is 5.04. The largest absolute Gasteiger partial charge is 0.497 e. The lowest BCUT2D eigenvalue weighted by Gasteiger charge is -2.19. The van der Waals surface area contributed by atoms with Crippen LogP contribution in [0.3, 0.4) is 0 Å². The number of carbonyl (C=O) groups is 1. The number of benzene rings is 2. The Balaban J connectivity index is 1.95. The highest BCUT2D eigenvalue weighted by molar-refractivity contribution is 5.84. The number of ether oxygens (including phenoxy) is 5. The lowest BCUT2D eigenvalue weighted by Crippen LogP contribution is -2.26. The summed E-state index contributed by atoms with van der Waals surface area (Å²) in [5, 5.41) is 6.21. The third-order valence-corrected chi connectivity index (χ3v) is 6.59. The van der Waals surface area contributed by atoms with Crippen LogP contribution in [0.5, 0.6) is 28.7 Å². The van der Waals surface area contributed by atoms with E-state index >= 15 is 0 Å². The van der Waals surface area contributed by atoms with Gasteiger partial charge in [0.25, 0.3) is 0 Å². The van der Waals surface area contributed by atoms with Crippen LogP contribution in [0.1, 0.15) is 30.5 Å². The van der Waals surface area contributed by atoms with Gasteiger partial charge >= 0.3 is 0 Å². The number of fused-ring (bicyclic) bond motifs is 3. The first-order valence-electron chi connectivity index (χ1n) is 12.1. The Kier molecular flexibility index (Phi) is 7.95. The van der Waals surface area contributed by atoms with Gasteiger partial charge in [-0.1, -0.05) is 6.07 Å². The molecule has 0 radical (unpaired) electrons. The summed E-state index contributed by atoms with van der Waals surface area (Å²) in [5.41, 5.74) is 3.88. The maximum atomic E-state index is 13.5. The average molecular weight is 521 g/mol. The van der Waals surface area contributed by atoms with E-state index in [9.17, 15) is 9.59 Å². The lowest BCUT2D eigenvalue weighted by molar-refractivity contribution is -0.119. The molecule has 1 amide bonds. The first-order chi connectivity index (χ1) is 18.3. The van der Waals surface area contributed by atoms with Crippen LogP contribution in [-0.2, 0) is 11.2 Å². The van der Waals surface area contributed by atoms with Crippen LogP contribution in [-0.4, -0.2) is 41.5 Å². The minimum Gasteiger partial charge on any atom is -0.497 e. The molecule has 200 valence electrons. The van der Waals surface area contributed by atoms with E-state index in [1.54, 1.807) is 65.9 Å². The first kappa shape index (κ1) is 26.7. The van der Waals surface area contributed by atoms with Crippen molar-refractivity contribution in [1.29, 1.82) is 0 Å². The molecule has 9 heteroatoms. The van der Waals surface area contributed by atoms with E-state index in [1.807, 2.05) is 12.1 Å². The normalized spacial score (nSPS) is 13.8. The van der Waals surface area contributed by atoms with E-state index < -0.39 is 0 Å². The zero-order chi connectivity index (χ0) is 27.4. The molecule has 0 aliphatic heterocycles. The minimum atomic E-state index is -0.389. The fraction of sp³-hybridized carbons (Fsp3) is 0.310. The summed E-state index contributed by atoms with van der Waals surface area (Å²) < 4.78 is 27.8. The fourth-order valence-electron chi connectivity index (χ4n) is 4.86. The van der Waals surface area contributed by atoms with Crippen LogP contribution in [0, 0.1) is 0 Å². The van der Waals surface area contributed by atoms with Crippen molar-refractivity contribution < 1.29 is 28.5 Å². The number of aryl methyl sites for hydroxylation is 1. The third-order valence-electron chi connectivity index (χ3n) is 6.59. The molecule has 0 spiro atoms. The van der Waals surface area contributed by atoms with E-state index in [2.05, 4.69) is 10.6 Å². The molecule has 0 saturated heterocycles. The molecule has 1 atom stereocenters. The summed E-state index contributed by atoms with van der Waals surface area (Å²) in [6, 6.07) is 12.0. The van der Waals surface area contributed by atoms with Gasteiger partial charge in [0, 0.05) is 18.6 Å². The van der Waals surface area contributed by atoms with Gasteiger partial charge in [-0.25, -0.2) is 0 Å². The second-order valence-corrected chi connectivity index (χ2v) is 8.79. The summed E-state index contributed by atoms with van der Waals surface area (Å²) in [6.45, 7) is 1.47. The van der Waals surface area contributed by atoms with Gasteiger partial charge in [-0.2, -0.15) is 0 Å². The van der Waals surface area contributed by atoms with Gasteiger partial charge in [-0.05, 0) is 59.9 Å². The number of nitrogens with one attached hydrogen (secondary N) is 2. The second-order valence-electron chi connectivity index (χ2n) is 8.79. The van der Waals surface area contributed by atoms with Crippen LogP contribution in [0.2, 0.25) is 0 Å². The molecule has 3 aromatic rings. The predicted octanol–water partition coefficient (Wildman–Crippen LogP) is 4.62. The molecular weight excluding hydrogens is 488 g/mol. The van der Waals surface area contributed by atoms with E-state index in [0.29, 0.717) is 58.5 Å². The molecular formula is C29H32N2O7. The highest BCUT2D eigenvalue weighted by Gasteiger charge is 2.29. The van der Waals surface area contributed by atoms with Gasteiger partial charge in [0.1, 0.15) is 11.5 Å². The summed E-state index contributed by atoms with van der Waals surface area (Å²) in [6.07, 6.45) is 1.20. The minimum absolute atomic E-state index is 0.186. The second kappa shape index (κ2) is 11.3. The molecule has 9 nitrogen and oxygen atoms in total. The van der Waals surface area contributed by atoms with E-state index in [0.717, 1.165) is 16.7 Å². The Morgan fingerprint density at radius 1 is 0.816 bits per heavy atom. The molecule has 0 aromatic heterocycles. The van der Waals surface area contributed by atoms with Crippen LogP contribution in [0.25, 0.3) is 11.1 Å². The maximum absolute atomic E-state index is 13.5. The molecule has 2 N–H and O–H groups in total. The van der Waals surface area contributed by atoms with Crippen LogP contribution in [0.15, 0.2) is 47.3 Å². The lowest BCUT2D eigenvalue weighted by atomic mass is 9.95. The number of rotatable bonds is 8. The van der Waals surface area contributed by atoms with E-state index in [4.69, 9.17) is 23.7 Å². The molecule has 4 rings (SSSR count). The van der Waals surface area contributed by atoms with Crippen molar-refractivity contribution in [3.05, 3.63) is 63.8 Å². The molecule has 0 fully saturated rings. The zero-order valence-corrected chi connectivity index (χ0v) is 22.4. The molecule has 3 aromatic carbocycles. The first-order valence-corrected chi connectivity index (χ1v) is 12.1. The summed E-state index contributed by atoms with van der Waals surface area (Å²) in [4.78, 5) is 25.7. The number of anilines is 2. The Morgan fingerprint density at radius 2 is 1.53 bits per heavy atom. The number of amides is 1. The number of hydrogen-bond donors (Lipinski definition) is 2. The van der Waals surface area contributed by atoms with Crippen LogP contribution < -0.4 is 39.7 Å². The van der Waals surface area contributed by atoms with Crippen molar-refractivity contribution in [2.75, 3.05) is 40.9 Å². The molecule has 0 heterocycles. The van der Waals surface area contributed by atoms with Gasteiger partial charge in [0.2, 0.25) is 17.1 Å². The number of hydrogen-bond acceptors (Lipinski definition) is 8. The SMILES string of the molecule is COc1ccc(Nc2ccc3c(cc2=O)C(NC(C)=O)CCc2cc(OC)c(OC)c(OC)c2-3)c(OC)c1. The van der Waals surface area contributed by atoms with Gasteiger partial charge in [-0.15, -0.1) is 0 Å². The van der Waals surface area contributed by atoms with Gasteiger partial charge in [0.15, 0.2) is 11.5 Å². The molecule has 0 bridgehead atoms. The van der Waals surface area contributed by atoms with E-state index in [-0.39, 0.29) is 17.4 Å². The molecule has 0 saturated carbocycles. The number of carbonyl (C=O) groups excluding carboxylic acids is 1. The maximum Gasteiger partial charge on any atom is 0.217 e. The summed E-state index contributed by atoms with van der Waals surface area (Å²) in [7, 11) is 7.82. The highest BCUT2D eigenvalue weighted by Crippen LogP contribution is 2.50. The van der Waals surface area contributed by atoms with Crippen LogP contribution in [0.4, 0.5) is 11.4 Å². The topological polar surface area (TPSA) is 104 Å². The van der Waals surface area contributed by atoms with Crippen molar-refractivity contribution in [1.82, 2.24) is 5.32 Å². The van der Waals surface area contributed by atoms with E-state index in [1.165, 1.54) is 6.92 Å². The van der Waals surface area contributed by atoms with Crippen molar-refractivity contribution >= 4 is 17.3 Å². The van der Waals surface area contributed by atoms with Gasteiger partial charge in [-0.3, -0.25) is 9.59 Å². The monoisotopic (exact) mass is 520 g/mol. The molecule has 1 aliphatic rings. The zero-order valence-electron chi connectivity index (χ0n) is 22.4. The smallest absolute Gasteiger partial charge is 0.217 e. The van der Waals surface area contributed by atoms with Crippen molar-refractivity contribution in [3.63, 3.8) is 0 Å². The van der Waals surface area contributed by atoms with Crippen molar-refractivity contribution in [2.45, 2.75) is 25.8 Å². The van der Waals surface area contributed by atoms with Crippen molar-refractivity contribution in [2.24, 2.45) is 0 Å². The van der Waals surface area contributed by atoms with Crippen LogP contribution >= 0.6 is 0 Å². The van der Waals surface area contributed by atoms with Gasteiger partial charge in [0.05, 0.1) is 53.0 Å². The molecule has 38 heavy (non-hydrogen) atoms. The number of methoxy groups -OCH3 is 5. The standard InChI is InChI=1S/C29H32N2O7/c1-16(32)30-21-10-7-17-13-26(36-4)28(37-5)29(38-6)27(17)19-9-12-22(24(33)15-20(19)21)31-23-11-8-18(34-2)14-25(23)35-3/h8-9,11-15,21H,7,10H2,1-6H3,(H,30,32)(H,31,33). The Labute approximate surface area is 221 Å². The fourth-order valence-corrected chi connectivity index (χ4v) is 4.86. The molecule has 1 aliphatic carbocycles. The van der Waals surface area contributed by atoms with Gasteiger partial charge < -0.3 is 34.3 Å².